The summed E-state index contributed by atoms with van der Waals surface area (Å²) in [6.07, 6.45) is 0. The molecule has 1 heterocycles. The third kappa shape index (κ3) is 2.19. The Labute approximate surface area is 116 Å². The average molecular weight is 318 g/mol. The minimum atomic E-state index is -0.402. The number of anilines is 1. The summed E-state index contributed by atoms with van der Waals surface area (Å²) in [5, 5.41) is 17.6. The Kier molecular flexibility index (Phi) is 2.96. The van der Waals surface area contributed by atoms with Crippen molar-refractivity contribution in [2.45, 2.75) is 0 Å². The topological polar surface area (TPSA) is 83.6 Å². The molecule has 0 aliphatic heterocycles. The molecule has 0 saturated carbocycles. The minimum Gasteiger partial charge on any atom is -0.319 e. The van der Waals surface area contributed by atoms with Gasteiger partial charge in [0.2, 0.25) is 0 Å². The summed E-state index contributed by atoms with van der Waals surface area (Å²) in [5.74, 6) is -0.395. The van der Waals surface area contributed by atoms with E-state index < -0.39 is 5.91 Å². The maximum atomic E-state index is 11.9. The number of nitrogens with one attached hydrogen (secondary N) is 2. The van der Waals surface area contributed by atoms with E-state index in [4.69, 9.17) is 0 Å². The molecule has 3 rings (SSSR count). The molecule has 0 unspecified atom stereocenters. The monoisotopic (exact) mass is 317 g/mol. The maximum Gasteiger partial charge on any atom is 0.297 e. The Bertz CT molecular complexity index is 741. The quantitative estimate of drug-likeness (QED) is 0.760. The molecular weight excluding hydrogens is 310 g/mol. The number of nitrogens with zero attached hydrogens (tertiary/aromatic N) is 3. The van der Waals surface area contributed by atoms with Crippen LogP contribution in [0.1, 0.15) is 10.6 Å². The third-order valence-electron chi connectivity index (χ3n) is 2.67. The second-order valence-electron chi connectivity index (χ2n) is 3.83. The van der Waals surface area contributed by atoms with Crippen molar-refractivity contribution < 1.29 is 4.79 Å². The van der Waals surface area contributed by atoms with Gasteiger partial charge in [-0.05, 0) is 22.7 Å². The number of tetrazole rings is 1. The molecule has 0 saturated heterocycles. The van der Waals surface area contributed by atoms with Crippen molar-refractivity contribution >= 4 is 38.3 Å². The van der Waals surface area contributed by atoms with Crippen molar-refractivity contribution in [3.8, 4) is 0 Å². The molecule has 0 fully saturated rings. The SMILES string of the molecule is O=C(Nc1ccc(Br)c2ccccc12)c1nn[nH]n1. The minimum absolute atomic E-state index is 0.00648. The van der Waals surface area contributed by atoms with E-state index in [0.29, 0.717) is 5.69 Å². The van der Waals surface area contributed by atoms with E-state index in [1.54, 1.807) is 0 Å². The number of fused-ring (bicyclic) bond motifs is 1. The average Bonchev–Trinajstić information content (AvgIpc) is 2.96. The first-order valence-electron chi connectivity index (χ1n) is 5.48. The maximum absolute atomic E-state index is 11.9. The molecule has 19 heavy (non-hydrogen) atoms. The van der Waals surface area contributed by atoms with Crippen molar-refractivity contribution in [2.24, 2.45) is 0 Å². The zero-order valence-corrected chi connectivity index (χ0v) is 11.2. The molecule has 0 bridgehead atoms. The van der Waals surface area contributed by atoms with Crippen LogP contribution in [-0.4, -0.2) is 26.5 Å². The molecule has 2 aromatic carbocycles. The molecule has 0 spiro atoms. The smallest absolute Gasteiger partial charge is 0.297 e. The summed E-state index contributed by atoms with van der Waals surface area (Å²) in [7, 11) is 0. The molecule has 6 nitrogen and oxygen atoms in total. The largest absolute Gasteiger partial charge is 0.319 e. The highest BCUT2D eigenvalue weighted by atomic mass is 79.9. The van der Waals surface area contributed by atoms with Gasteiger partial charge in [-0.1, -0.05) is 40.2 Å². The molecule has 0 aliphatic rings. The second kappa shape index (κ2) is 4.77. The number of aromatic amines is 1. The first kappa shape index (κ1) is 11.8. The molecule has 0 radical (unpaired) electrons. The van der Waals surface area contributed by atoms with Gasteiger partial charge in [-0.25, -0.2) is 0 Å². The first-order valence-corrected chi connectivity index (χ1v) is 6.27. The predicted octanol–water partition coefficient (Wildman–Crippen LogP) is 2.37. The van der Waals surface area contributed by atoms with Gasteiger partial charge in [-0.2, -0.15) is 5.21 Å². The van der Waals surface area contributed by atoms with Crippen LogP contribution in [-0.2, 0) is 0 Å². The predicted molar refractivity (Wildman–Crippen MR) is 73.8 cm³/mol. The van der Waals surface area contributed by atoms with Gasteiger partial charge in [-0.3, -0.25) is 4.79 Å². The van der Waals surface area contributed by atoms with Crippen LogP contribution in [0.4, 0.5) is 5.69 Å². The fourth-order valence-electron chi connectivity index (χ4n) is 1.81. The van der Waals surface area contributed by atoms with Crippen LogP contribution in [0, 0.1) is 0 Å². The second-order valence-corrected chi connectivity index (χ2v) is 4.68. The molecular formula is C12H8BrN5O. The van der Waals surface area contributed by atoms with Gasteiger partial charge in [0.25, 0.3) is 11.7 Å². The van der Waals surface area contributed by atoms with Crippen molar-refractivity contribution in [3.63, 3.8) is 0 Å². The number of rotatable bonds is 2. The van der Waals surface area contributed by atoms with E-state index >= 15 is 0 Å². The number of amides is 1. The lowest BCUT2D eigenvalue weighted by atomic mass is 10.1. The summed E-state index contributed by atoms with van der Waals surface area (Å²) >= 11 is 3.48. The van der Waals surface area contributed by atoms with Crippen LogP contribution >= 0.6 is 15.9 Å². The van der Waals surface area contributed by atoms with Crippen LogP contribution in [0.15, 0.2) is 40.9 Å². The molecule has 2 N–H and O–H groups in total. The lowest BCUT2D eigenvalue weighted by Crippen LogP contribution is -2.14. The van der Waals surface area contributed by atoms with Gasteiger partial charge in [0.05, 0.1) is 0 Å². The highest BCUT2D eigenvalue weighted by Crippen LogP contribution is 2.29. The van der Waals surface area contributed by atoms with Gasteiger partial charge < -0.3 is 5.32 Å². The van der Waals surface area contributed by atoms with Gasteiger partial charge in [-0.15, -0.1) is 10.2 Å². The normalized spacial score (nSPS) is 10.6. The zero-order chi connectivity index (χ0) is 13.2. The molecule has 0 aliphatic carbocycles. The van der Waals surface area contributed by atoms with E-state index in [9.17, 15) is 4.79 Å². The Hall–Kier alpha value is -2.28. The number of hydrogen-bond donors (Lipinski definition) is 2. The number of carbonyl (C=O) groups excluding carboxylic acids is 1. The summed E-state index contributed by atoms with van der Waals surface area (Å²) in [6.45, 7) is 0. The Morgan fingerprint density at radius 3 is 2.68 bits per heavy atom. The Morgan fingerprint density at radius 1 is 1.16 bits per heavy atom. The lowest BCUT2D eigenvalue weighted by Gasteiger charge is -2.08. The van der Waals surface area contributed by atoms with Crippen LogP contribution in [0.25, 0.3) is 10.8 Å². The first-order chi connectivity index (χ1) is 9.25. The number of benzene rings is 2. The molecule has 94 valence electrons. The standard InChI is InChI=1S/C12H8BrN5O/c13-9-5-6-10(8-4-2-1-3-7(8)9)14-12(19)11-15-17-18-16-11/h1-6H,(H,14,19)(H,15,16,17,18). The molecule has 7 heteroatoms. The van der Waals surface area contributed by atoms with Gasteiger partial charge in [0.15, 0.2) is 0 Å². The highest BCUT2D eigenvalue weighted by Gasteiger charge is 2.12. The Morgan fingerprint density at radius 2 is 1.95 bits per heavy atom. The summed E-state index contributed by atoms with van der Waals surface area (Å²) in [4.78, 5) is 11.9. The summed E-state index contributed by atoms with van der Waals surface area (Å²) in [5.41, 5.74) is 0.702. The number of H-pyrrole nitrogens is 1. The fourth-order valence-corrected chi connectivity index (χ4v) is 2.29. The van der Waals surface area contributed by atoms with Crippen molar-refractivity contribution in [3.05, 3.63) is 46.7 Å². The Balaban J connectivity index is 2.02. The molecule has 1 amide bonds. The molecule has 1 aromatic heterocycles. The van der Waals surface area contributed by atoms with Crippen molar-refractivity contribution in [2.75, 3.05) is 5.32 Å². The van der Waals surface area contributed by atoms with Gasteiger partial charge in [0.1, 0.15) is 0 Å². The van der Waals surface area contributed by atoms with Crippen LogP contribution < -0.4 is 5.32 Å². The van der Waals surface area contributed by atoms with Crippen LogP contribution in [0.2, 0.25) is 0 Å². The fraction of sp³-hybridized carbons (Fsp3) is 0. The van der Waals surface area contributed by atoms with Crippen LogP contribution in [0.3, 0.4) is 0 Å². The van der Waals surface area contributed by atoms with Gasteiger partial charge in [0, 0.05) is 15.5 Å². The molecule has 3 aromatic rings. The lowest BCUT2D eigenvalue weighted by molar-refractivity contribution is 0.101. The van der Waals surface area contributed by atoms with Crippen molar-refractivity contribution in [1.29, 1.82) is 0 Å². The van der Waals surface area contributed by atoms with Gasteiger partial charge >= 0.3 is 0 Å². The third-order valence-corrected chi connectivity index (χ3v) is 3.36. The summed E-state index contributed by atoms with van der Waals surface area (Å²) < 4.78 is 0.973. The summed E-state index contributed by atoms with van der Waals surface area (Å²) in [6, 6.07) is 11.5. The van der Waals surface area contributed by atoms with Crippen molar-refractivity contribution in [1.82, 2.24) is 20.6 Å². The van der Waals surface area contributed by atoms with E-state index in [-0.39, 0.29) is 5.82 Å². The number of aromatic nitrogens is 4. The molecule has 0 atom stereocenters. The van der Waals surface area contributed by atoms with E-state index in [1.165, 1.54) is 0 Å². The highest BCUT2D eigenvalue weighted by molar-refractivity contribution is 9.10. The number of carbonyl (C=O) groups is 1. The number of hydrogen-bond acceptors (Lipinski definition) is 4. The van der Waals surface area contributed by atoms with E-state index in [1.807, 2.05) is 36.4 Å². The zero-order valence-electron chi connectivity index (χ0n) is 9.59. The number of halogens is 1. The van der Waals surface area contributed by atoms with Crippen LogP contribution in [0.5, 0.6) is 0 Å². The van der Waals surface area contributed by atoms with E-state index in [2.05, 4.69) is 41.9 Å². The van der Waals surface area contributed by atoms with E-state index in [0.717, 1.165) is 15.2 Å².